The Morgan fingerprint density at radius 3 is 2.72 bits per heavy atom. The predicted molar refractivity (Wildman–Crippen MR) is 65.8 cm³/mol. The highest BCUT2D eigenvalue weighted by Gasteiger charge is 2.17. The lowest BCUT2D eigenvalue weighted by molar-refractivity contribution is 0.0699. The minimum atomic E-state index is -0.969. The highest BCUT2D eigenvalue weighted by molar-refractivity contribution is 5.94. The lowest BCUT2D eigenvalue weighted by atomic mass is 9.98. The van der Waals surface area contributed by atoms with Crippen molar-refractivity contribution >= 4 is 11.6 Å². The molecule has 0 fully saturated rings. The Morgan fingerprint density at radius 2 is 1.94 bits per heavy atom. The molecule has 0 aliphatic heterocycles. The number of aromatic nitrogens is 3. The van der Waals surface area contributed by atoms with E-state index < -0.39 is 5.97 Å². The number of carboxylic acid groups (broad SMARTS) is 1. The highest BCUT2D eigenvalue weighted by atomic mass is 16.4. The molecular weight excluding hydrogens is 230 g/mol. The number of aromatic carboxylic acids is 1. The van der Waals surface area contributed by atoms with Crippen molar-refractivity contribution in [1.82, 2.24) is 14.6 Å². The molecule has 0 unspecified atom stereocenters. The Morgan fingerprint density at radius 1 is 1.17 bits per heavy atom. The first-order valence-corrected chi connectivity index (χ1v) is 6.35. The number of aryl methyl sites for hydroxylation is 2. The second kappa shape index (κ2) is 4.40. The van der Waals surface area contributed by atoms with Gasteiger partial charge in [-0.05, 0) is 31.2 Å². The normalized spacial score (nSPS) is 16.0. The SMILES string of the molecule is O=C(O)c1cnn2c3c(cnc12)CCCCCC3. The number of rotatable bonds is 1. The van der Waals surface area contributed by atoms with Gasteiger partial charge in [0.05, 0.1) is 6.20 Å². The van der Waals surface area contributed by atoms with Gasteiger partial charge in [0.2, 0.25) is 0 Å². The van der Waals surface area contributed by atoms with E-state index in [0.717, 1.165) is 25.0 Å². The first kappa shape index (κ1) is 11.2. The second-order valence-corrected chi connectivity index (χ2v) is 4.74. The largest absolute Gasteiger partial charge is 0.477 e. The maximum absolute atomic E-state index is 11.1. The lowest BCUT2D eigenvalue weighted by Gasteiger charge is -2.14. The molecule has 0 saturated heterocycles. The number of fused-ring (bicyclic) bond motifs is 3. The van der Waals surface area contributed by atoms with Crippen molar-refractivity contribution in [2.24, 2.45) is 0 Å². The summed E-state index contributed by atoms with van der Waals surface area (Å²) in [6.07, 6.45) is 9.98. The first-order valence-electron chi connectivity index (χ1n) is 6.35. The maximum atomic E-state index is 11.1. The zero-order valence-corrected chi connectivity index (χ0v) is 10.1. The molecular formula is C13H15N3O2. The van der Waals surface area contributed by atoms with Gasteiger partial charge in [0.15, 0.2) is 5.65 Å². The van der Waals surface area contributed by atoms with Crippen LogP contribution in [0.1, 0.15) is 47.3 Å². The smallest absolute Gasteiger partial charge is 0.341 e. The maximum Gasteiger partial charge on any atom is 0.341 e. The topological polar surface area (TPSA) is 67.5 Å². The number of carbonyl (C=O) groups is 1. The molecule has 1 aliphatic carbocycles. The molecule has 2 heterocycles. The van der Waals surface area contributed by atoms with Crippen molar-refractivity contribution in [3.8, 4) is 0 Å². The van der Waals surface area contributed by atoms with Gasteiger partial charge in [-0.1, -0.05) is 12.8 Å². The highest BCUT2D eigenvalue weighted by Crippen LogP contribution is 2.21. The summed E-state index contributed by atoms with van der Waals surface area (Å²) >= 11 is 0. The molecule has 0 atom stereocenters. The Balaban J connectivity index is 2.18. The fourth-order valence-corrected chi connectivity index (χ4v) is 2.60. The molecule has 0 bridgehead atoms. The second-order valence-electron chi connectivity index (χ2n) is 4.74. The van der Waals surface area contributed by atoms with Crippen molar-refractivity contribution in [3.05, 3.63) is 29.2 Å². The molecule has 5 heteroatoms. The van der Waals surface area contributed by atoms with E-state index in [0.29, 0.717) is 5.65 Å². The van der Waals surface area contributed by atoms with Gasteiger partial charge in [-0.3, -0.25) is 0 Å². The van der Waals surface area contributed by atoms with E-state index in [1.807, 2.05) is 6.20 Å². The van der Waals surface area contributed by atoms with E-state index in [9.17, 15) is 4.79 Å². The van der Waals surface area contributed by atoms with Crippen LogP contribution in [0.15, 0.2) is 12.4 Å². The van der Waals surface area contributed by atoms with E-state index in [4.69, 9.17) is 5.11 Å². The van der Waals surface area contributed by atoms with Crippen LogP contribution in [0.25, 0.3) is 5.65 Å². The first-order chi connectivity index (χ1) is 8.77. The van der Waals surface area contributed by atoms with Gasteiger partial charge in [0, 0.05) is 11.9 Å². The van der Waals surface area contributed by atoms with Crippen LogP contribution in [-0.4, -0.2) is 25.7 Å². The third-order valence-electron chi connectivity index (χ3n) is 3.55. The summed E-state index contributed by atoms with van der Waals surface area (Å²) in [4.78, 5) is 15.3. The molecule has 18 heavy (non-hydrogen) atoms. The van der Waals surface area contributed by atoms with Gasteiger partial charge in [-0.2, -0.15) is 5.10 Å². The van der Waals surface area contributed by atoms with Crippen LogP contribution in [0.2, 0.25) is 0 Å². The molecule has 2 aromatic rings. The average Bonchev–Trinajstić information content (AvgIpc) is 2.73. The Bertz CT molecular complexity index is 604. The summed E-state index contributed by atoms with van der Waals surface area (Å²) in [5.41, 5.74) is 2.98. The Labute approximate surface area is 104 Å². The van der Waals surface area contributed by atoms with E-state index in [1.165, 1.54) is 31.0 Å². The van der Waals surface area contributed by atoms with Crippen molar-refractivity contribution in [2.75, 3.05) is 0 Å². The summed E-state index contributed by atoms with van der Waals surface area (Å²) in [5.74, 6) is -0.969. The van der Waals surface area contributed by atoms with Crippen molar-refractivity contribution in [1.29, 1.82) is 0 Å². The monoisotopic (exact) mass is 245 g/mol. The summed E-state index contributed by atoms with van der Waals surface area (Å²) < 4.78 is 1.71. The number of nitrogens with zero attached hydrogens (tertiary/aromatic N) is 3. The van der Waals surface area contributed by atoms with E-state index in [-0.39, 0.29) is 5.56 Å². The average molecular weight is 245 g/mol. The number of hydrogen-bond donors (Lipinski definition) is 1. The quantitative estimate of drug-likeness (QED) is 0.835. The van der Waals surface area contributed by atoms with Crippen LogP contribution in [0.4, 0.5) is 0 Å². The molecule has 0 aromatic carbocycles. The van der Waals surface area contributed by atoms with E-state index in [1.54, 1.807) is 4.52 Å². The predicted octanol–water partition coefficient (Wildman–Crippen LogP) is 2.09. The Hall–Kier alpha value is -1.91. The number of hydrogen-bond acceptors (Lipinski definition) is 3. The molecule has 2 aromatic heterocycles. The van der Waals surface area contributed by atoms with Gasteiger partial charge in [-0.15, -0.1) is 0 Å². The van der Waals surface area contributed by atoms with Crippen LogP contribution in [0.5, 0.6) is 0 Å². The fraction of sp³-hybridized carbons (Fsp3) is 0.462. The molecule has 1 N–H and O–H groups in total. The molecule has 5 nitrogen and oxygen atoms in total. The van der Waals surface area contributed by atoms with Crippen LogP contribution >= 0.6 is 0 Å². The lowest BCUT2D eigenvalue weighted by Crippen LogP contribution is -2.09. The third-order valence-corrected chi connectivity index (χ3v) is 3.55. The van der Waals surface area contributed by atoms with E-state index in [2.05, 4.69) is 10.1 Å². The molecule has 0 amide bonds. The summed E-state index contributed by atoms with van der Waals surface area (Å²) in [5, 5.41) is 13.3. The summed E-state index contributed by atoms with van der Waals surface area (Å²) in [6.45, 7) is 0. The van der Waals surface area contributed by atoms with Crippen LogP contribution in [0.3, 0.4) is 0 Å². The van der Waals surface area contributed by atoms with Gasteiger partial charge in [0.1, 0.15) is 5.56 Å². The summed E-state index contributed by atoms with van der Waals surface area (Å²) in [7, 11) is 0. The standard InChI is InChI=1S/C13H15N3O2/c17-13(18)10-8-15-16-11-6-4-2-1-3-5-9(11)7-14-12(10)16/h7-8H,1-6H2,(H,17,18). The minimum Gasteiger partial charge on any atom is -0.477 e. The van der Waals surface area contributed by atoms with Crippen LogP contribution < -0.4 is 0 Å². The van der Waals surface area contributed by atoms with E-state index >= 15 is 0 Å². The zero-order valence-electron chi connectivity index (χ0n) is 10.1. The molecule has 0 spiro atoms. The van der Waals surface area contributed by atoms with Crippen molar-refractivity contribution in [3.63, 3.8) is 0 Å². The van der Waals surface area contributed by atoms with Crippen LogP contribution in [-0.2, 0) is 12.8 Å². The third kappa shape index (κ3) is 1.75. The van der Waals surface area contributed by atoms with Crippen molar-refractivity contribution in [2.45, 2.75) is 38.5 Å². The van der Waals surface area contributed by atoms with Gasteiger partial charge in [0.25, 0.3) is 0 Å². The Kier molecular flexibility index (Phi) is 2.74. The fourth-order valence-electron chi connectivity index (χ4n) is 2.60. The molecule has 94 valence electrons. The molecule has 3 rings (SSSR count). The molecule has 0 saturated carbocycles. The molecule has 1 aliphatic rings. The van der Waals surface area contributed by atoms with Gasteiger partial charge < -0.3 is 5.11 Å². The number of carboxylic acids is 1. The van der Waals surface area contributed by atoms with Crippen molar-refractivity contribution < 1.29 is 9.90 Å². The minimum absolute atomic E-state index is 0.180. The van der Waals surface area contributed by atoms with Gasteiger partial charge in [-0.25, -0.2) is 14.3 Å². The molecule has 0 radical (unpaired) electrons. The summed E-state index contributed by atoms with van der Waals surface area (Å²) in [6, 6.07) is 0. The zero-order chi connectivity index (χ0) is 12.5. The van der Waals surface area contributed by atoms with Gasteiger partial charge >= 0.3 is 5.97 Å². The van der Waals surface area contributed by atoms with Crippen LogP contribution in [0, 0.1) is 0 Å².